The summed E-state index contributed by atoms with van der Waals surface area (Å²) in [4.78, 5) is 11.3. The van der Waals surface area contributed by atoms with Crippen LogP contribution in [-0.2, 0) is 4.79 Å². The Morgan fingerprint density at radius 3 is 2.27 bits per heavy atom. The fourth-order valence-corrected chi connectivity index (χ4v) is 0.754. The van der Waals surface area contributed by atoms with Gasteiger partial charge in [-0.05, 0) is 6.54 Å². The van der Waals surface area contributed by atoms with Crippen LogP contribution in [0.4, 0.5) is 0 Å². The van der Waals surface area contributed by atoms with E-state index >= 15 is 0 Å². The molecule has 66 valence electrons. The summed E-state index contributed by atoms with van der Waals surface area (Å²) in [5.74, 6) is 0.332. The van der Waals surface area contributed by atoms with Gasteiger partial charge in [0.2, 0.25) is 0 Å². The Balaban J connectivity index is 3.54. The molecule has 0 aliphatic rings. The predicted octanol–water partition coefficient (Wildman–Crippen LogP) is 1.60. The molecule has 2 nitrogen and oxygen atoms in total. The molecule has 0 aromatic carbocycles. The minimum atomic E-state index is -0.171. The van der Waals surface area contributed by atoms with Crippen LogP contribution < -0.4 is 5.32 Å². The molecule has 0 rings (SSSR count). The van der Waals surface area contributed by atoms with Gasteiger partial charge < -0.3 is 5.32 Å². The fraction of sp³-hybridized carbons (Fsp3) is 0.889. The lowest BCUT2D eigenvalue weighted by atomic mass is 9.89. The maximum absolute atomic E-state index is 11.3. The van der Waals surface area contributed by atoms with E-state index in [4.69, 9.17) is 0 Å². The molecule has 0 saturated heterocycles. The van der Waals surface area contributed by atoms with Crippen molar-refractivity contribution in [2.75, 3.05) is 13.1 Å². The Morgan fingerprint density at radius 2 is 1.91 bits per heavy atom. The molecule has 0 aliphatic heterocycles. The number of Topliss-reactive ketones (excluding diaryl/α,β-unsaturated/α-hetero) is 1. The number of carbonyl (C=O) groups is 1. The van der Waals surface area contributed by atoms with Crippen molar-refractivity contribution in [1.29, 1.82) is 0 Å². The SMILES string of the molecule is CCNCCC(=O)C(C)(C)C. The van der Waals surface area contributed by atoms with E-state index in [1.165, 1.54) is 0 Å². The molecule has 11 heavy (non-hydrogen) atoms. The number of ketones is 1. The molecule has 0 saturated carbocycles. The number of rotatable bonds is 4. The van der Waals surface area contributed by atoms with Crippen molar-refractivity contribution in [2.45, 2.75) is 34.1 Å². The average Bonchev–Trinajstić information content (AvgIpc) is 1.86. The first-order valence-corrected chi connectivity index (χ1v) is 4.22. The molecule has 0 unspecified atom stereocenters. The Hall–Kier alpha value is -0.370. The van der Waals surface area contributed by atoms with Crippen LogP contribution in [0.15, 0.2) is 0 Å². The van der Waals surface area contributed by atoms with E-state index in [1.807, 2.05) is 27.7 Å². The van der Waals surface area contributed by atoms with E-state index in [-0.39, 0.29) is 5.41 Å². The standard InChI is InChI=1S/C9H19NO/c1-5-10-7-6-8(11)9(2,3)4/h10H,5-7H2,1-4H3. The second-order valence-electron chi connectivity index (χ2n) is 3.78. The lowest BCUT2D eigenvalue weighted by molar-refractivity contribution is -0.126. The maximum Gasteiger partial charge on any atom is 0.139 e. The first kappa shape index (κ1) is 10.6. The largest absolute Gasteiger partial charge is 0.317 e. The molecule has 0 atom stereocenters. The van der Waals surface area contributed by atoms with Gasteiger partial charge in [0.25, 0.3) is 0 Å². The van der Waals surface area contributed by atoms with Gasteiger partial charge in [0.1, 0.15) is 5.78 Å². The Morgan fingerprint density at radius 1 is 1.36 bits per heavy atom. The third-order valence-electron chi connectivity index (χ3n) is 1.62. The van der Waals surface area contributed by atoms with Crippen molar-refractivity contribution >= 4 is 5.78 Å². The van der Waals surface area contributed by atoms with Crippen LogP contribution in [0.5, 0.6) is 0 Å². The first-order chi connectivity index (χ1) is 4.98. The molecule has 0 amide bonds. The highest BCUT2D eigenvalue weighted by atomic mass is 16.1. The summed E-state index contributed by atoms with van der Waals surface area (Å²) in [5, 5.41) is 3.13. The van der Waals surface area contributed by atoms with Crippen LogP contribution in [0.25, 0.3) is 0 Å². The fourth-order valence-electron chi connectivity index (χ4n) is 0.754. The van der Waals surface area contributed by atoms with Crippen molar-refractivity contribution in [3.8, 4) is 0 Å². The molecule has 0 aliphatic carbocycles. The lowest BCUT2D eigenvalue weighted by Crippen LogP contribution is -2.25. The van der Waals surface area contributed by atoms with Crippen LogP contribution in [0.2, 0.25) is 0 Å². The van der Waals surface area contributed by atoms with Crippen molar-refractivity contribution in [3.05, 3.63) is 0 Å². The molecule has 0 aromatic heterocycles. The molecule has 0 heterocycles. The van der Waals surface area contributed by atoms with E-state index in [0.29, 0.717) is 12.2 Å². The van der Waals surface area contributed by atoms with E-state index < -0.39 is 0 Å². The van der Waals surface area contributed by atoms with Gasteiger partial charge in [-0.2, -0.15) is 0 Å². The minimum Gasteiger partial charge on any atom is -0.317 e. The van der Waals surface area contributed by atoms with Gasteiger partial charge in [-0.1, -0.05) is 27.7 Å². The highest BCUT2D eigenvalue weighted by Gasteiger charge is 2.19. The third kappa shape index (κ3) is 4.96. The Bertz CT molecular complexity index is 124. The molecule has 1 N–H and O–H groups in total. The highest BCUT2D eigenvalue weighted by molar-refractivity contribution is 5.83. The summed E-state index contributed by atoms with van der Waals surface area (Å²) in [6.07, 6.45) is 0.650. The molecule has 0 bridgehead atoms. The van der Waals surface area contributed by atoms with Crippen LogP contribution in [0.3, 0.4) is 0 Å². The molecule has 0 spiro atoms. The lowest BCUT2D eigenvalue weighted by Gasteiger charge is -2.16. The summed E-state index contributed by atoms with van der Waals surface area (Å²) in [5.41, 5.74) is -0.171. The van der Waals surface area contributed by atoms with Crippen molar-refractivity contribution < 1.29 is 4.79 Å². The molecular formula is C9H19NO. The van der Waals surface area contributed by atoms with Gasteiger partial charge in [-0.25, -0.2) is 0 Å². The second-order valence-corrected chi connectivity index (χ2v) is 3.78. The van der Waals surface area contributed by atoms with E-state index in [9.17, 15) is 4.79 Å². The first-order valence-electron chi connectivity index (χ1n) is 4.22. The number of hydrogen-bond donors (Lipinski definition) is 1. The zero-order valence-electron chi connectivity index (χ0n) is 8.03. The quantitative estimate of drug-likeness (QED) is 0.628. The van der Waals surface area contributed by atoms with Crippen molar-refractivity contribution in [1.82, 2.24) is 5.32 Å². The summed E-state index contributed by atoms with van der Waals surface area (Å²) in [7, 11) is 0. The molecule has 0 fully saturated rings. The predicted molar refractivity (Wildman–Crippen MR) is 47.6 cm³/mol. The summed E-state index contributed by atoms with van der Waals surface area (Å²) in [6, 6.07) is 0. The van der Waals surface area contributed by atoms with Crippen LogP contribution in [-0.4, -0.2) is 18.9 Å². The van der Waals surface area contributed by atoms with Gasteiger partial charge in [-0.3, -0.25) is 4.79 Å². The second kappa shape index (κ2) is 4.50. The summed E-state index contributed by atoms with van der Waals surface area (Å²) >= 11 is 0. The average molecular weight is 157 g/mol. The van der Waals surface area contributed by atoms with Gasteiger partial charge in [0.05, 0.1) is 0 Å². The van der Waals surface area contributed by atoms with Gasteiger partial charge in [-0.15, -0.1) is 0 Å². The summed E-state index contributed by atoms with van der Waals surface area (Å²) < 4.78 is 0. The normalized spacial score (nSPS) is 11.6. The van der Waals surface area contributed by atoms with Crippen molar-refractivity contribution in [2.24, 2.45) is 5.41 Å². The molecule has 2 heteroatoms. The third-order valence-corrected chi connectivity index (χ3v) is 1.62. The zero-order chi connectivity index (χ0) is 8.91. The Kier molecular flexibility index (Phi) is 4.34. The highest BCUT2D eigenvalue weighted by Crippen LogP contribution is 2.15. The number of carbonyl (C=O) groups excluding carboxylic acids is 1. The molecular weight excluding hydrogens is 138 g/mol. The minimum absolute atomic E-state index is 0.171. The Labute approximate surface area is 69.4 Å². The maximum atomic E-state index is 11.3. The smallest absolute Gasteiger partial charge is 0.139 e. The van der Waals surface area contributed by atoms with E-state index in [0.717, 1.165) is 13.1 Å². The van der Waals surface area contributed by atoms with E-state index in [2.05, 4.69) is 5.32 Å². The number of hydrogen-bond acceptors (Lipinski definition) is 2. The van der Waals surface area contributed by atoms with Crippen molar-refractivity contribution in [3.63, 3.8) is 0 Å². The van der Waals surface area contributed by atoms with Crippen LogP contribution in [0.1, 0.15) is 34.1 Å². The molecule has 0 radical (unpaired) electrons. The van der Waals surface area contributed by atoms with Gasteiger partial charge in [0.15, 0.2) is 0 Å². The summed E-state index contributed by atoms with van der Waals surface area (Å²) in [6.45, 7) is 9.68. The van der Waals surface area contributed by atoms with Gasteiger partial charge >= 0.3 is 0 Å². The topological polar surface area (TPSA) is 29.1 Å². The van der Waals surface area contributed by atoms with Crippen LogP contribution in [0, 0.1) is 5.41 Å². The van der Waals surface area contributed by atoms with Crippen LogP contribution >= 0.6 is 0 Å². The van der Waals surface area contributed by atoms with E-state index in [1.54, 1.807) is 0 Å². The molecule has 0 aromatic rings. The monoisotopic (exact) mass is 157 g/mol. The zero-order valence-corrected chi connectivity index (χ0v) is 8.03. The number of nitrogens with one attached hydrogen (secondary N) is 1. The van der Waals surface area contributed by atoms with Gasteiger partial charge in [0, 0.05) is 18.4 Å².